The molecular formula is C20H19N4O+. The molecule has 3 N–H and O–H groups in total. The number of hydrogen-bond donors (Lipinski definition) is 3. The summed E-state index contributed by atoms with van der Waals surface area (Å²) >= 11 is 0. The van der Waals surface area contributed by atoms with E-state index in [0.29, 0.717) is 6.54 Å². The van der Waals surface area contributed by atoms with Crippen molar-refractivity contribution in [2.24, 2.45) is 7.05 Å². The summed E-state index contributed by atoms with van der Waals surface area (Å²) in [5.41, 5.74) is 9.15. The number of rotatable bonds is 0. The minimum atomic E-state index is 0. The molecule has 1 aliphatic carbocycles. The molecule has 4 aromatic rings. The van der Waals surface area contributed by atoms with Crippen LogP contribution in [0.15, 0.2) is 30.5 Å². The van der Waals surface area contributed by atoms with Gasteiger partial charge in [-0.2, -0.15) is 5.10 Å². The van der Waals surface area contributed by atoms with Gasteiger partial charge in [0.05, 0.1) is 22.8 Å². The van der Waals surface area contributed by atoms with E-state index in [1.54, 1.807) is 0 Å². The molecule has 0 unspecified atom stereocenters. The number of fused-ring (bicyclic) bond motifs is 10. The number of hydrogen-bond acceptors (Lipinski definition) is 1. The number of benzene rings is 2. The maximum absolute atomic E-state index is 12.7. The van der Waals surface area contributed by atoms with E-state index in [-0.39, 0.29) is 7.33 Å². The molecule has 124 valence electrons. The zero-order valence-electron chi connectivity index (χ0n) is 13.9. The van der Waals surface area contributed by atoms with Crippen LogP contribution in [0.25, 0.3) is 32.9 Å². The Labute approximate surface area is 145 Å². The Hall–Kier alpha value is -3.08. The lowest BCUT2D eigenvalue weighted by molar-refractivity contribution is -0.733. The van der Waals surface area contributed by atoms with Gasteiger partial charge in [0.1, 0.15) is 0 Å². The summed E-state index contributed by atoms with van der Waals surface area (Å²) in [4.78, 5) is 16.3. The van der Waals surface area contributed by atoms with Gasteiger partial charge in [-0.1, -0.05) is 18.2 Å². The summed E-state index contributed by atoms with van der Waals surface area (Å²) in [6, 6.07) is 8.38. The van der Waals surface area contributed by atoms with Gasteiger partial charge >= 0.3 is 0 Å². The Morgan fingerprint density at radius 1 is 1.12 bits per heavy atom. The van der Waals surface area contributed by atoms with Crippen molar-refractivity contribution in [2.45, 2.75) is 19.4 Å². The number of carbonyl (C=O) groups excluding carboxylic acids is 1. The number of aromatic nitrogens is 3. The molecule has 3 heterocycles. The fraction of sp³-hybridized carbons (Fsp3) is 0.200. The number of aromatic amines is 2. The molecule has 25 heavy (non-hydrogen) atoms. The molecule has 0 atom stereocenters. The van der Waals surface area contributed by atoms with Gasteiger partial charge in [0.25, 0.3) is 5.91 Å². The first-order chi connectivity index (χ1) is 12.2. The maximum Gasteiger partial charge on any atom is 0.252 e. The number of nitrogens with one attached hydrogen (secondary N) is 3. The maximum atomic E-state index is 12.7. The Kier molecular flexibility index (Phi) is 2.28. The van der Waals surface area contributed by atoms with Crippen LogP contribution < -0.4 is 10.00 Å². The van der Waals surface area contributed by atoms with Crippen molar-refractivity contribution in [3.05, 3.63) is 52.8 Å². The van der Waals surface area contributed by atoms with Crippen molar-refractivity contribution in [1.82, 2.24) is 15.4 Å². The third-order valence-corrected chi connectivity index (χ3v) is 5.82. The van der Waals surface area contributed by atoms with Crippen LogP contribution in [0, 0.1) is 0 Å². The Morgan fingerprint density at radius 2 is 2.00 bits per heavy atom. The second-order valence-electron chi connectivity index (χ2n) is 7.00. The summed E-state index contributed by atoms with van der Waals surface area (Å²) in [5, 5.41) is 8.75. The predicted octanol–water partition coefficient (Wildman–Crippen LogP) is 2.73. The number of aryl methyl sites for hydroxylation is 2. The standard InChI is InChI=1S/C20H16N4O.H2/c1-24-15-7-6-11-16(12(15)9-22-24)18-13(8-21-20(18)25)17-10-4-2-3-5-14(10)23-19(11)17;/h2-5,9H,6-8H2,1H3,(H2,21,23,25);1H/p+1. The lowest BCUT2D eigenvalue weighted by Crippen LogP contribution is -2.35. The normalized spacial score (nSPS) is 15.3. The topological polar surface area (TPSA) is 64.6 Å². The van der Waals surface area contributed by atoms with Gasteiger partial charge in [-0.05, 0) is 23.6 Å². The quantitative estimate of drug-likeness (QED) is 0.426. The van der Waals surface area contributed by atoms with Gasteiger partial charge < -0.3 is 10.3 Å². The zero-order valence-corrected chi connectivity index (χ0v) is 13.9. The van der Waals surface area contributed by atoms with E-state index in [0.717, 1.165) is 40.6 Å². The van der Waals surface area contributed by atoms with Crippen molar-refractivity contribution in [2.75, 3.05) is 0 Å². The molecule has 0 spiro atoms. The van der Waals surface area contributed by atoms with Crippen LogP contribution in [0.3, 0.4) is 0 Å². The number of amides is 1. The van der Waals surface area contributed by atoms with Crippen molar-refractivity contribution in [1.29, 1.82) is 0 Å². The Morgan fingerprint density at radius 3 is 2.92 bits per heavy atom. The molecule has 2 aromatic heterocycles. The molecule has 2 aliphatic rings. The number of para-hydroxylation sites is 1. The van der Waals surface area contributed by atoms with E-state index < -0.39 is 0 Å². The number of carbonyl (C=O) groups is 1. The fourth-order valence-electron chi connectivity index (χ4n) is 4.73. The second-order valence-corrected chi connectivity index (χ2v) is 7.00. The molecule has 0 saturated carbocycles. The van der Waals surface area contributed by atoms with Gasteiger partial charge in [-0.15, -0.1) is 4.68 Å². The molecule has 5 heteroatoms. The molecule has 0 radical (unpaired) electrons. The van der Waals surface area contributed by atoms with Crippen molar-refractivity contribution >= 4 is 27.7 Å². The lowest BCUT2D eigenvalue weighted by Gasteiger charge is -2.18. The first-order valence-corrected chi connectivity index (χ1v) is 8.67. The predicted molar refractivity (Wildman–Crippen MR) is 97.5 cm³/mol. The van der Waals surface area contributed by atoms with Crippen molar-refractivity contribution < 1.29 is 10.9 Å². The summed E-state index contributed by atoms with van der Waals surface area (Å²) in [7, 11) is 2.03. The molecule has 5 nitrogen and oxygen atoms in total. The highest BCUT2D eigenvalue weighted by Crippen LogP contribution is 2.44. The highest BCUT2D eigenvalue weighted by atomic mass is 16.1. The molecule has 0 saturated heterocycles. The number of H-pyrrole nitrogens is 2. The van der Waals surface area contributed by atoms with E-state index in [2.05, 4.69) is 44.3 Å². The smallest absolute Gasteiger partial charge is 0.252 e. The van der Waals surface area contributed by atoms with Gasteiger partial charge in [-0.3, -0.25) is 4.79 Å². The average molecular weight is 331 g/mol. The first kappa shape index (κ1) is 13.2. The molecule has 1 amide bonds. The van der Waals surface area contributed by atoms with Gasteiger partial charge in [-0.25, -0.2) is 0 Å². The summed E-state index contributed by atoms with van der Waals surface area (Å²) in [5.74, 6) is 0.0511. The second kappa shape index (κ2) is 4.30. The molecule has 0 bridgehead atoms. The van der Waals surface area contributed by atoms with Crippen LogP contribution in [0.5, 0.6) is 0 Å². The zero-order chi connectivity index (χ0) is 16.7. The van der Waals surface area contributed by atoms with E-state index >= 15 is 0 Å². The van der Waals surface area contributed by atoms with Crippen LogP contribution in [0.1, 0.15) is 28.6 Å². The minimum absolute atomic E-state index is 0. The summed E-state index contributed by atoms with van der Waals surface area (Å²) < 4.78 is 2.06. The Bertz CT molecular complexity index is 1230. The van der Waals surface area contributed by atoms with E-state index in [1.807, 2.05) is 13.2 Å². The fourth-order valence-corrected chi connectivity index (χ4v) is 4.73. The average Bonchev–Trinajstić information content (AvgIpc) is 3.30. The molecule has 1 aliphatic heterocycles. The Balaban J connectivity index is 0.00000150. The summed E-state index contributed by atoms with van der Waals surface area (Å²) in [6.07, 6.45) is 3.96. The van der Waals surface area contributed by atoms with Crippen LogP contribution in [0.2, 0.25) is 0 Å². The van der Waals surface area contributed by atoms with Gasteiger partial charge in [0.2, 0.25) is 5.69 Å². The summed E-state index contributed by atoms with van der Waals surface area (Å²) in [6.45, 7) is 0.603. The molecule has 0 fully saturated rings. The van der Waals surface area contributed by atoms with Crippen LogP contribution in [-0.2, 0) is 26.4 Å². The minimum Gasteiger partial charge on any atom is -0.354 e. The third kappa shape index (κ3) is 1.49. The van der Waals surface area contributed by atoms with E-state index in [1.165, 1.54) is 27.5 Å². The van der Waals surface area contributed by atoms with E-state index in [4.69, 9.17) is 0 Å². The number of nitrogens with zero attached hydrogens (tertiary/aromatic N) is 1. The highest BCUT2D eigenvalue weighted by Gasteiger charge is 2.36. The van der Waals surface area contributed by atoms with Crippen molar-refractivity contribution in [3.8, 4) is 11.1 Å². The van der Waals surface area contributed by atoms with Crippen LogP contribution in [-0.4, -0.2) is 16.0 Å². The van der Waals surface area contributed by atoms with Gasteiger partial charge in [0, 0.05) is 36.2 Å². The lowest BCUT2D eigenvalue weighted by atomic mass is 9.83. The van der Waals surface area contributed by atoms with Crippen LogP contribution in [0.4, 0.5) is 0 Å². The largest absolute Gasteiger partial charge is 0.354 e. The first-order valence-electron chi connectivity index (χ1n) is 8.67. The third-order valence-electron chi connectivity index (χ3n) is 5.82. The molecule has 2 aromatic carbocycles. The molecule has 6 rings (SSSR count). The monoisotopic (exact) mass is 331 g/mol. The van der Waals surface area contributed by atoms with Crippen LogP contribution >= 0.6 is 0 Å². The van der Waals surface area contributed by atoms with Gasteiger partial charge in [0.15, 0.2) is 7.05 Å². The van der Waals surface area contributed by atoms with E-state index in [9.17, 15) is 4.79 Å². The van der Waals surface area contributed by atoms with Crippen molar-refractivity contribution in [3.63, 3.8) is 0 Å². The molecular weight excluding hydrogens is 312 g/mol. The SMILES string of the molecule is C[n+]1[nH]cc2c1CCc1c-2c2c(c3c1[nH]c1ccccc13)CNC2=O.[HH]. The highest BCUT2D eigenvalue weighted by molar-refractivity contribution is 6.18.